The number of allylic oxidation sites excluding steroid dienone is 2. The molecule has 2 unspecified atom stereocenters. The topological polar surface area (TPSA) is 0 Å². The number of hydrogen-bond donors (Lipinski definition) is 0. The van der Waals surface area contributed by atoms with Gasteiger partial charge >= 0.3 is 0 Å². The third kappa shape index (κ3) is 2.32. The first kappa shape index (κ1) is 16.6. The molecule has 0 amide bonds. The monoisotopic (exact) mass is 344 g/mol. The van der Waals surface area contributed by atoms with Crippen LogP contribution in [0.2, 0.25) is 12.1 Å². The first-order chi connectivity index (χ1) is 12.1. The van der Waals surface area contributed by atoms with E-state index in [1.807, 2.05) is 0 Å². The fourth-order valence-electron chi connectivity index (χ4n) is 5.72. The van der Waals surface area contributed by atoms with E-state index in [9.17, 15) is 0 Å². The predicted molar refractivity (Wildman–Crippen MR) is 112 cm³/mol. The van der Waals surface area contributed by atoms with Crippen molar-refractivity contribution in [1.82, 2.24) is 0 Å². The molecular formula is C24H28Si. The van der Waals surface area contributed by atoms with Crippen molar-refractivity contribution in [1.29, 1.82) is 0 Å². The average molecular weight is 345 g/mol. The van der Waals surface area contributed by atoms with Gasteiger partial charge in [0.2, 0.25) is 0 Å². The van der Waals surface area contributed by atoms with E-state index in [-0.39, 0.29) is 0 Å². The van der Waals surface area contributed by atoms with Crippen LogP contribution in [-0.2, 0) is 0 Å². The largest absolute Gasteiger partial charge is 0.0776 e. The van der Waals surface area contributed by atoms with Gasteiger partial charge in [0.25, 0.3) is 0 Å². The van der Waals surface area contributed by atoms with E-state index < -0.39 is 8.07 Å². The smallest absolute Gasteiger partial charge is 0.0679 e. The number of fused-ring (bicyclic) bond motifs is 2. The summed E-state index contributed by atoms with van der Waals surface area (Å²) in [5.74, 6) is 0. The van der Waals surface area contributed by atoms with Gasteiger partial charge in [-0.2, -0.15) is 0 Å². The van der Waals surface area contributed by atoms with Crippen LogP contribution < -0.4 is 0 Å². The van der Waals surface area contributed by atoms with E-state index >= 15 is 0 Å². The first-order valence-corrected chi connectivity index (χ1v) is 12.2. The van der Waals surface area contributed by atoms with E-state index in [1.54, 1.807) is 22.3 Å². The fourth-order valence-corrected chi connectivity index (χ4v) is 11.9. The second-order valence-corrected chi connectivity index (χ2v) is 12.9. The summed E-state index contributed by atoms with van der Waals surface area (Å²) >= 11 is 0. The molecule has 1 heteroatoms. The fraction of sp³-hybridized carbons (Fsp3) is 0.333. The molecular weight excluding hydrogens is 316 g/mol. The highest BCUT2D eigenvalue weighted by Crippen LogP contribution is 2.55. The van der Waals surface area contributed by atoms with Crippen molar-refractivity contribution in [3.63, 3.8) is 0 Å². The molecule has 25 heavy (non-hydrogen) atoms. The third-order valence-corrected chi connectivity index (χ3v) is 13.2. The molecule has 0 bridgehead atoms. The van der Waals surface area contributed by atoms with Gasteiger partial charge in [-0.05, 0) is 36.1 Å². The zero-order chi connectivity index (χ0) is 17.6. The maximum Gasteiger partial charge on any atom is 0.0776 e. The van der Waals surface area contributed by atoms with Crippen LogP contribution >= 0.6 is 0 Å². The van der Waals surface area contributed by atoms with E-state index in [4.69, 9.17) is 0 Å². The molecule has 2 aromatic rings. The molecule has 0 N–H and O–H groups in total. The quantitative estimate of drug-likeness (QED) is 0.526. The molecule has 0 radical (unpaired) electrons. The zero-order valence-electron chi connectivity index (χ0n) is 15.8. The minimum atomic E-state index is -1.64. The summed E-state index contributed by atoms with van der Waals surface area (Å²) in [6, 6.07) is 20.9. The van der Waals surface area contributed by atoms with Crippen LogP contribution in [-0.4, -0.2) is 8.07 Å². The van der Waals surface area contributed by atoms with Crippen LogP contribution in [0, 0.1) is 0 Å². The van der Waals surface area contributed by atoms with Crippen molar-refractivity contribution >= 4 is 20.2 Å². The van der Waals surface area contributed by atoms with Crippen LogP contribution in [0.3, 0.4) is 0 Å². The maximum absolute atomic E-state index is 2.46. The molecule has 2 aliphatic rings. The Balaban J connectivity index is 1.91. The predicted octanol–water partition coefficient (Wildman–Crippen LogP) is 6.95. The lowest BCUT2D eigenvalue weighted by atomic mass is 10.1. The van der Waals surface area contributed by atoms with Crippen LogP contribution in [0.5, 0.6) is 0 Å². The van der Waals surface area contributed by atoms with Crippen molar-refractivity contribution in [3.8, 4) is 0 Å². The van der Waals surface area contributed by atoms with Gasteiger partial charge < -0.3 is 0 Å². The summed E-state index contributed by atoms with van der Waals surface area (Å²) in [7, 11) is -1.64. The molecule has 2 aliphatic carbocycles. The maximum atomic E-state index is 2.46. The van der Waals surface area contributed by atoms with Gasteiger partial charge in [0.05, 0.1) is 8.07 Å². The Bertz CT molecular complexity index is 798. The molecule has 0 nitrogen and oxygen atoms in total. The van der Waals surface area contributed by atoms with Gasteiger partial charge in [-0.15, -0.1) is 0 Å². The summed E-state index contributed by atoms with van der Waals surface area (Å²) in [5, 5.41) is 0. The van der Waals surface area contributed by atoms with Crippen LogP contribution in [0.15, 0.2) is 59.7 Å². The van der Waals surface area contributed by atoms with E-state index in [2.05, 4.69) is 88.4 Å². The zero-order valence-corrected chi connectivity index (χ0v) is 16.8. The normalized spacial score (nSPS) is 21.6. The van der Waals surface area contributed by atoms with Gasteiger partial charge in [0, 0.05) is 11.1 Å². The minimum absolute atomic E-state index is 0.651. The Kier molecular flexibility index (Phi) is 4.08. The Morgan fingerprint density at radius 3 is 1.48 bits per heavy atom. The second kappa shape index (κ2) is 6.14. The summed E-state index contributed by atoms with van der Waals surface area (Å²) < 4.78 is 0. The Morgan fingerprint density at radius 2 is 1.08 bits per heavy atom. The van der Waals surface area contributed by atoms with Gasteiger partial charge in [0.15, 0.2) is 0 Å². The molecule has 4 rings (SSSR count). The molecule has 0 spiro atoms. The van der Waals surface area contributed by atoms with Crippen LogP contribution in [0.25, 0.3) is 12.2 Å². The van der Waals surface area contributed by atoms with Gasteiger partial charge in [-0.25, -0.2) is 0 Å². The van der Waals surface area contributed by atoms with Crippen molar-refractivity contribution in [2.24, 2.45) is 0 Å². The molecule has 0 aromatic heterocycles. The Morgan fingerprint density at radius 1 is 0.680 bits per heavy atom. The molecule has 128 valence electrons. The van der Waals surface area contributed by atoms with Crippen LogP contribution in [0.4, 0.5) is 0 Å². The standard InChI is InChI=1S/C24H28Si/c1-5-25(6-2,23-17(3)15-19-11-7-9-13-21(19)23)24-18(4)16-20-12-8-10-14-22(20)24/h7-16,23-24H,5-6H2,1-4H3. The summed E-state index contributed by atoms with van der Waals surface area (Å²) in [6.07, 6.45) is 4.90. The summed E-state index contributed by atoms with van der Waals surface area (Å²) in [5.41, 5.74) is 10.6. The van der Waals surface area contributed by atoms with Gasteiger partial charge in [0.1, 0.15) is 0 Å². The molecule has 2 atom stereocenters. The first-order valence-electron chi connectivity index (χ1n) is 9.66. The Hall–Kier alpha value is -1.86. The Labute approximate surface area is 153 Å². The minimum Gasteiger partial charge on any atom is -0.0679 e. The highest BCUT2D eigenvalue weighted by atomic mass is 28.3. The van der Waals surface area contributed by atoms with Gasteiger partial charge in [-0.3, -0.25) is 0 Å². The highest BCUT2D eigenvalue weighted by molar-refractivity contribution is 6.84. The van der Waals surface area contributed by atoms with E-state index in [0.717, 1.165) is 0 Å². The SMILES string of the molecule is CC[Si](CC)(C1C(C)=Cc2ccccc21)C1C(C)=Cc2ccccc21. The van der Waals surface area contributed by atoms with Crippen molar-refractivity contribution < 1.29 is 0 Å². The number of hydrogen-bond acceptors (Lipinski definition) is 0. The summed E-state index contributed by atoms with van der Waals surface area (Å²) in [4.78, 5) is 0. The van der Waals surface area contributed by atoms with E-state index in [0.29, 0.717) is 11.1 Å². The highest BCUT2D eigenvalue weighted by Gasteiger charge is 2.50. The van der Waals surface area contributed by atoms with Crippen molar-refractivity contribution in [2.75, 3.05) is 0 Å². The molecule has 0 fully saturated rings. The second-order valence-electron chi connectivity index (χ2n) is 7.84. The third-order valence-electron chi connectivity index (χ3n) is 6.76. The molecule has 2 aromatic carbocycles. The molecule has 0 saturated carbocycles. The number of benzene rings is 2. The van der Waals surface area contributed by atoms with E-state index in [1.165, 1.54) is 23.2 Å². The van der Waals surface area contributed by atoms with Crippen molar-refractivity contribution in [3.05, 3.63) is 81.9 Å². The molecule has 0 heterocycles. The lowest BCUT2D eigenvalue weighted by Crippen LogP contribution is -2.47. The van der Waals surface area contributed by atoms with Crippen LogP contribution in [0.1, 0.15) is 61.0 Å². The lowest BCUT2D eigenvalue weighted by Gasteiger charge is -2.44. The van der Waals surface area contributed by atoms with Crippen molar-refractivity contribution in [2.45, 2.75) is 50.9 Å². The molecule has 0 saturated heterocycles. The van der Waals surface area contributed by atoms with Gasteiger partial charge in [-0.1, -0.05) is 97.8 Å². The molecule has 0 aliphatic heterocycles. The number of rotatable bonds is 4. The summed E-state index contributed by atoms with van der Waals surface area (Å²) in [6.45, 7) is 9.66. The lowest BCUT2D eigenvalue weighted by molar-refractivity contribution is 0.915. The average Bonchev–Trinajstić information content (AvgIpc) is 3.14.